The van der Waals surface area contributed by atoms with E-state index < -0.39 is 36.9 Å². The molecule has 2 aliphatic rings. The van der Waals surface area contributed by atoms with E-state index in [1.165, 1.54) is 12.1 Å². The van der Waals surface area contributed by atoms with Crippen LogP contribution in [0.5, 0.6) is 17.2 Å². The molecule has 2 aromatic rings. The molecule has 4 atom stereocenters. The van der Waals surface area contributed by atoms with Gasteiger partial charge >= 0.3 is 6.18 Å². The molecular weight excluding hydrogens is 619 g/mol. The maximum Gasteiger partial charge on any atom is 0.389 e. The number of amides is 2. The van der Waals surface area contributed by atoms with Crippen molar-refractivity contribution in [3.8, 4) is 17.2 Å². The Morgan fingerprint density at radius 3 is 2.60 bits per heavy atom. The number of ether oxygens (including phenoxy) is 4. The Morgan fingerprint density at radius 2 is 1.85 bits per heavy atom. The highest BCUT2D eigenvalue weighted by atomic mass is 19.4. The van der Waals surface area contributed by atoms with Gasteiger partial charge in [-0.3, -0.25) is 14.5 Å². The van der Waals surface area contributed by atoms with Crippen molar-refractivity contribution in [2.75, 3.05) is 45.5 Å². The molecule has 0 unspecified atom stereocenters. The summed E-state index contributed by atoms with van der Waals surface area (Å²) in [7, 11) is 2.01. The summed E-state index contributed by atoms with van der Waals surface area (Å²) in [5.41, 5.74) is 1.38. The monoisotopic (exact) mass is 665 g/mol. The molecule has 0 saturated heterocycles. The topological polar surface area (TPSA) is 110 Å². The molecule has 2 amide bonds. The minimum atomic E-state index is -4.46. The SMILES string of the molecule is C[C@H]1CCCCO[C@@H](CN(C)Cc2ccc3c(c2)OCO3)[C@@H](C)CN([C@@H](C)CO)C(=O)c2cc(NC(=O)CCC(F)(F)F)ccc2O1. The third kappa shape index (κ3) is 10.7. The average Bonchev–Trinajstić information content (AvgIpc) is 3.49. The number of nitrogens with one attached hydrogen (secondary N) is 1. The smallest absolute Gasteiger partial charge is 0.389 e. The lowest BCUT2D eigenvalue weighted by Gasteiger charge is -2.36. The Hall–Kier alpha value is -3.55. The second-order valence-corrected chi connectivity index (χ2v) is 12.6. The minimum absolute atomic E-state index is 0.146. The fourth-order valence-electron chi connectivity index (χ4n) is 5.66. The fraction of sp³-hybridized carbons (Fsp3) is 0.588. The predicted molar refractivity (Wildman–Crippen MR) is 170 cm³/mol. The zero-order chi connectivity index (χ0) is 34.1. The maximum atomic E-state index is 14.2. The summed E-state index contributed by atoms with van der Waals surface area (Å²) >= 11 is 0. The first-order valence-corrected chi connectivity index (χ1v) is 16.1. The van der Waals surface area contributed by atoms with Crippen molar-refractivity contribution >= 4 is 17.5 Å². The lowest BCUT2D eigenvalue weighted by Crippen LogP contribution is -2.47. The summed E-state index contributed by atoms with van der Waals surface area (Å²) in [6, 6.07) is 9.78. The van der Waals surface area contributed by atoms with Gasteiger partial charge in [0.15, 0.2) is 11.5 Å². The summed E-state index contributed by atoms with van der Waals surface area (Å²) in [5.74, 6) is 0.337. The molecule has 0 aliphatic carbocycles. The van der Waals surface area contributed by atoms with Gasteiger partial charge in [0.25, 0.3) is 5.91 Å². The Bertz CT molecular complexity index is 1360. The first-order valence-electron chi connectivity index (χ1n) is 16.1. The van der Waals surface area contributed by atoms with Crippen LogP contribution < -0.4 is 19.5 Å². The van der Waals surface area contributed by atoms with E-state index in [9.17, 15) is 27.9 Å². The van der Waals surface area contributed by atoms with E-state index in [2.05, 4.69) is 10.2 Å². The van der Waals surface area contributed by atoms with Crippen molar-refractivity contribution in [1.82, 2.24) is 9.80 Å². The van der Waals surface area contributed by atoms with E-state index in [0.29, 0.717) is 37.6 Å². The number of likely N-dealkylation sites (N-methyl/N-ethyl adjacent to an activating group) is 1. The number of aliphatic hydroxyl groups is 1. The third-order valence-electron chi connectivity index (χ3n) is 8.35. The van der Waals surface area contributed by atoms with E-state index in [0.717, 1.165) is 24.2 Å². The Labute approximate surface area is 274 Å². The number of halogens is 3. The molecule has 4 rings (SSSR count). The van der Waals surface area contributed by atoms with E-state index in [1.54, 1.807) is 17.9 Å². The van der Waals surface area contributed by atoms with E-state index >= 15 is 0 Å². The largest absolute Gasteiger partial charge is 0.490 e. The lowest BCUT2D eigenvalue weighted by molar-refractivity contribution is -0.142. The van der Waals surface area contributed by atoms with Crippen LogP contribution in [0.25, 0.3) is 0 Å². The highest BCUT2D eigenvalue weighted by Crippen LogP contribution is 2.33. The van der Waals surface area contributed by atoms with Gasteiger partial charge in [-0.1, -0.05) is 13.0 Å². The average molecular weight is 666 g/mol. The van der Waals surface area contributed by atoms with Gasteiger partial charge in [-0.2, -0.15) is 13.2 Å². The fourth-order valence-corrected chi connectivity index (χ4v) is 5.66. The number of benzene rings is 2. The number of nitrogens with zero attached hydrogens (tertiary/aromatic N) is 2. The van der Waals surface area contributed by atoms with Crippen LogP contribution >= 0.6 is 0 Å². The van der Waals surface area contributed by atoms with Crippen molar-refractivity contribution in [2.24, 2.45) is 5.92 Å². The number of hydrogen-bond donors (Lipinski definition) is 2. The predicted octanol–water partition coefficient (Wildman–Crippen LogP) is 5.62. The van der Waals surface area contributed by atoms with Gasteiger partial charge in [0, 0.05) is 44.3 Å². The van der Waals surface area contributed by atoms with Crippen LogP contribution in [0, 0.1) is 5.92 Å². The number of hydrogen-bond acceptors (Lipinski definition) is 8. The normalized spacial score (nSPS) is 21.5. The van der Waals surface area contributed by atoms with Crippen molar-refractivity contribution in [3.63, 3.8) is 0 Å². The number of alkyl halides is 3. The molecule has 0 bridgehead atoms. The summed E-state index contributed by atoms with van der Waals surface area (Å²) in [5, 5.41) is 12.6. The summed E-state index contributed by atoms with van der Waals surface area (Å²) in [4.78, 5) is 30.2. The first-order chi connectivity index (χ1) is 22.3. The molecule has 13 heteroatoms. The molecule has 2 aliphatic heterocycles. The van der Waals surface area contributed by atoms with Crippen LogP contribution in [-0.2, 0) is 16.1 Å². The quantitative estimate of drug-likeness (QED) is 0.355. The standard InChI is InChI=1S/C34H46F3N3O7/c1-22-17-40(23(2)20-41)33(43)27-16-26(38-32(42)12-13-34(35,36)37)9-11-28(27)47-24(3)7-5-6-14-44-31(22)19-39(4)18-25-8-10-29-30(15-25)46-21-45-29/h8-11,15-16,22-24,31,41H,5-7,12-14,17-21H2,1-4H3,(H,38,42)/t22-,23-,24-,31-/m0/s1. The van der Waals surface area contributed by atoms with Crippen LogP contribution in [0.3, 0.4) is 0 Å². The Morgan fingerprint density at radius 1 is 1.11 bits per heavy atom. The molecule has 260 valence electrons. The van der Waals surface area contributed by atoms with Crippen molar-refractivity contribution in [2.45, 2.75) is 83.8 Å². The maximum absolute atomic E-state index is 14.2. The Balaban J connectivity index is 1.56. The summed E-state index contributed by atoms with van der Waals surface area (Å²) < 4.78 is 61.6. The van der Waals surface area contributed by atoms with Crippen LogP contribution in [0.15, 0.2) is 36.4 Å². The number of aliphatic hydroxyl groups excluding tert-OH is 1. The molecular formula is C34H46F3N3O7. The summed E-state index contributed by atoms with van der Waals surface area (Å²) in [6.07, 6.45) is -4.60. The van der Waals surface area contributed by atoms with E-state index in [4.69, 9.17) is 18.9 Å². The molecule has 2 N–H and O–H groups in total. The summed E-state index contributed by atoms with van der Waals surface area (Å²) in [6.45, 7) is 7.56. The second kappa shape index (κ2) is 16.5. The highest BCUT2D eigenvalue weighted by molar-refractivity contribution is 5.99. The number of carbonyl (C=O) groups excluding carboxylic acids is 2. The van der Waals surface area contributed by atoms with Gasteiger partial charge in [0.05, 0.1) is 36.8 Å². The van der Waals surface area contributed by atoms with Crippen LogP contribution in [0.4, 0.5) is 18.9 Å². The number of rotatable bonds is 9. The van der Waals surface area contributed by atoms with E-state index in [-0.39, 0.29) is 49.3 Å². The first kappa shape index (κ1) is 36.3. The molecule has 0 fully saturated rings. The number of anilines is 1. The van der Waals surface area contributed by atoms with Gasteiger partial charge in [0.2, 0.25) is 12.7 Å². The number of carbonyl (C=O) groups is 2. The highest BCUT2D eigenvalue weighted by Gasteiger charge is 2.31. The zero-order valence-corrected chi connectivity index (χ0v) is 27.5. The number of fused-ring (bicyclic) bond motifs is 2. The van der Waals surface area contributed by atoms with Crippen molar-refractivity contribution < 1.29 is 46.8 Å². The molecule has 0 aromatic heterocycles. The molecule has 2 aromatic carbocycles. The van der Waals surface area contributed by atoms with Crippen LogP contribution in [-0.4, -0.2) is 91.3 Å². The lowest BCUT2D eigenvalue weighted by atomic mass is 10.0. The van der Waals surface area contributed by atoms with E-state index in [1.807, 2.05) is 39.1 Å². The van der Waals surface area contributed by atoms with Crippen molar-refractivity contribution in [1.29, 1.82) is 0 Å². The van der Waals surface area contributed by atoms with Gasteiger partial charge in [-0.25, -0.2) is 0 Å². The van der Waals surface area contributed by atoms with Crippen molar-refractivity contribution in [3.05, 3.63) is 47.5 Å². The zero-order valence-electron chi connectivity index (χ0n) is 27.5. The van der Waals surface area contributed by atoms with Gasteiger partial charge in [-0.15, -0.1) is 0 Å². The molecule has 47 heavy (non-hydrogen) atoms. The molecule has 0 saturated carbocycles. The minimum Gasteiger partial charge on any atom is -0.490 e. The molecule has 0 radical (unpaired) electrons. The van der Waals surface area contributed by atoms with Crippen LogP contribution in [0.1, 0.15) is 68.8 Å². The van der Waals surface area contributed by atoms with Gasteiger partial charge in [-0.05, 0) is 76.1 Å². The Kier molecular flexibility index (Phi) is 12.8. The molecule has 2 heterocycles. The molecule has 10 nitrogen and oxygen atoms in total. The third-order valence-corrected chi connectivity index (χ3v) is 8.35. The van der Waals surface area contributed by atoms with Gasteiger partial charge < -0.3 is 34.3 Å². The van der Waals surface area contributed by atoms with Crippen LogP contribution in [0.2, 0.25) is 0 Å². The van der Waals surface area contributed by atoms with Gasteiger partial charge in [0.1, 0.15) is 5.75 Å². The second-order valence-electron chi connectivity index (χ2n) is 12.6. The molecule has 0 spiro atoms.